The van der Waals surface area contributed by atoms with Crippen LogP contribution in [0.3, 0.4) is 0 Å². The number of sulfonamides is 1. The summed E-state index contributed by atoms with van der Waals surface area (Å²) in [5.41, 5.74) is 8.34. The van der Waals surface area contributed by atoms with Crippen molar-refractivity contribution in [2.24, 2.45) is 0 Å². The minimum atomic E-state index is -3.67. The summed E-state index contributed by atoms with van der Waals surface area (Å²) in [7, 11) is -3.67. The normalized spacial score (nSPS) is 11.8. The first-order chi connectivity index (χ1) is 9.31. The zero-order valence-electron chi connectivity index (χ0n) is 11.1. The maximum atomic E-state index is 12.2. The number of halogens is 1. The molecule has 4 N–H and O–H groups in total. The molecule has 0 saturated heterocycles. The number of nitrogen functional groups attached to an aromatic ring is 1. The number of hydrogen-bond acceptors (Lipinski definition) is 4. The molecular formula is C12H15ClN4O2S. The van der Waals surface area contributed by atoms with E-state index in [0.29, 0.717) is 16.3 Å². The molecule has 0 fully saturated rings. The van der Waals surface area contributed by atoms with Gasteiger partial charge >= 0.3 is 0 Å². The molecule has 0 aliphatic rings. The molecule has 1 aromatic heterocycles. The van der Waals surface area contributed by atoms with E-state index in [9.17, 15) is 8.42 Å². The molecule has 0 aliphatic carbocycles. The minimum absolute atomic E-state index is 0.0479. The molecule has 8 heteroatoms. The van der Waals surface area contributed by atoms with Crippen molar-refractivity contribution in [3.63, 3.8) is 0 Å². The molecule has 20 heavy (non-hydrogen) atoms. The number of hydrogen-bond donors (Lipinski definition) is 3. The SMILES string of the molecule is Cc1[nH]ncc1CNS(=O)(=O)c1cc(N)c(C)c(Cl)c1. The van der Waals surface area contributed by atoms with Crippen molar-refractivity contribution in [1.82, 2.24) is 14.9 Å². The quantitative estimate of drug-likeness (QED) is 0.748. The van der Waals surface area contributed by atoms with Gasteiger partial charge in [0.1, 0.15) is 0 Å². The fourth-order valence-electron chi connectivity index (χ4n) is 1.64. The topological polar surface area (TPSA) is 101 Å². The molecule has 0 saturated carbocycles. The summed E-state index contributed by atoms with van der Waals surface area (Å²) < 4.78 is 26.9. The summed E-state index contributed by atoms with van der Waals surface area (Å²) in [6.07, 6.45) is 1.58. The van der Waals surface area contributed by atoms with Crippen LogP contribution in [0.5, 0.6) is 0 Å². The van der Waals surface area contributed by atoms with Crippen LogP contribution >= 0.6 is 11.6 Å². The molecule has 0 spiro atoms. The standard InChI is InChI=1S/C12H15ClN4O2S/c1-7-11(13)3-10(4-12(7)14)20(18,19)16-6-9-5-15-17-8(9)2/h3-5,16H,6,14H2,1-2H3,(H,15,17). The van der Waals surface area contributed by atoms with Gasteiger partial charge in [0.15, 0.2) is 0 Å². The summed E-state index contributed by atoms with van der Waals surface area (Å²) in [5.74, 6) is 0. The Morgan fingerprint density at radius 1 is 1.40 bits per heavy atom. The third kappa shape index (κ3) is 2.95. The lowest BCUT2D eigenvalue weighted by Crippen LogP contribution is -2.23. The smallest absolute Gasteiger partial charge is 0.240 e. The van der Waals surface area contributed by atoms with E-state index in [4.69, 9.17) is 17.3 Å². The average Bonchev–Trinajstić information content (AvgIpc) is 2.78. The van der Waals surface area contributed by atoms with Gasteiger partial charge in [0, 0.05) is 28.5 Å². The predicted octanol–water partition coefficient (Wildman–Crippen LogP) is 1.74. The Bertz CT molecular complexity index is 717. The van der Waals surface area contributed by atoms with Gasteiger partial charge in [-0.05, 0) is 31.5 Å². The Morgan fingerprint density at radius 2 is 2.10 bits per heavy atom. The number of nitrogens with zero attached hydrogens (tertiary/aromatic N) is 1. The molecule has 0 amide bonds. The van der Waals surface area contributed by atoms with E-state index in [2.05, 4.69) is 14.9 Å². The summed E-state index contributed by atoms with van der Waals surface area (Å²) in [6.45, 7) is 3.70. The van der Waals surface area contributed by atoms with E-state index in [1.165, 1.54) is 12.1 Å². The van der Waals surface area contributed by atoms with Crippen molar-refractivity contribution in [1.29, 1.82) is 0 Å². The van der Waals surface area contributed by atoms with E-state index < -0.39 is 10.0 Å². The molecule has 0 unspecified atom stereocenters. The molecule has 1 heterocycles. The fourth-order valence-corrected chi connectivity index (χ4v) is 3.00. The second-order valence-corrected chi connectivity index (χ2v) is 6.64. The van der Waals surface area contributed by atoms with Crippen molar-refractivity contribution in [2.75, 3.05) is 5.73 Å². The molecule has 0 radical (unpaired) electrons. The third-order valence-corrected chi connectivity index (χ3v) is 4.83. The number of aryl methyl sites for hydroxylation is 1. The second kappa shape index (κ2) is 5.43. The molecule has 2 aromatic rings. The van der Waals surface area contributed by atoms with Crippen molar-refractivity contribution in [2.45, 2.75) is 25.3 Å². The fraction of sp³-hybridized carbons (Fsp3) is 0.250. The van der Waals surface area contributed by atoms with Crippen LogP contribution in [0.15, 0.2) is 23.2 Å². The van der Waals surface area contributed by atoms with Gasteiger partial charge in [-0.1, -0.05) is 11.6 Å². The van der Waals surface area contributed by atoms with Crippen LogP contribution in [0, 0.1) is 13.8 Å². The van der Waals surface area contributed by atoms with Gasteiger partial charge in [-0.15, -0.1) is 0 Å². The number of nitrogens with one attached hydrogen (secondary N) is 2. The van der Waals surface area contributed by atoms with E-state index in [1.807, 2.05) is 6.92 Å². The molecule has 0 aliphatic heterocycles. The first-order valence-corrected chi connectivity index (χ1v) is 7.71. The summed E-state index contributed by atoms with van der Waals surface area (Å²) >= 11 is 5.96. The van der Waals surface area contributed by atoms with Crippen LogP contribution in [0.25, 0.3) is 0 Å². The lowest BCUT2D eigenvalue weighted by atomic mass is 10.2. The van der Waals surface area contributed by atoms with Crippen molar-refractivity contribution in [3.05, 3.63) is 40.2 Å². The maximum Gasteiger partial charge on any atom is 0.240 e. The zero-order valence-corrected chi connectivity index (χ0v) is 12.6. The van der Waals surface area contributed by atoms with Gasteiger partial charge < -0.3 is 5.73 Å². The molecule has 1 aromatic carbocycles. The van der Waals surface area contributed by atoms with Gasteiger partial charge in [-0.3, -0.25) is 5.10 Å². The molecule has 108 valence electrons. The van der Waals surface area contributed by atoms with Crippen LogP contribution < -0.4 is 10.5 Å². The first kappa shape index (κ1) is 14.8. The molecular weight excluding hydrogens is 300 g/mol. The second-order valence-electron chi connectivity index (χ2n) is 4.46. The van der Waals surface area contributed by atoms with Gasteiger partial charge in [-0.25, -0.2) is 13.1 Å². The van der Waals surface area contributed by atoms with Gasteiger partial charge in [0.05, 0.1) is 11.1 Å². The highest BCUT2D eigenvalue weighted by Crippen LogP contribution is 2.25. The molecule has 2 rings (SSSR count). The third-order valence-electron chi connectivity index (χ3n) is 3.06. The number of nitrogens with two attached hydrogens (primary N) is 1. The highest BCUT2D eigenvalue weighted by Gasteiger charge is 2.17. The number of anilines is 1. The number of benzene rings is 1. The van der Waals surface area contributed by atoms with Gasteiger partial charge in [0.25, 0.3) is 0 Å². The van der Waals surface area contributed by atoms with Gasteiger partial charge in [0.2, 0.25) is 10.0 Å². The number of aromatic nitrogens is 2. The highest BCUT2D eigenvalue weighted by atomic mass is 35.5. The summed E-state index contributed by atoms with van der Waals surface area (Å²) in [5, 5.41) is 6.90. The van der Waals surface area contributed by atoms with Crippen LogP contribution in [-0.4, -0.2) is 18.6 Å². The van der Waals surface area contributed by atoms with Gasteiger partial charge in [-0.2, -0.15) is 5.10 Å². The Kier molecular flexibility index (Phi) is 4.03. The zero-order chi connectivity index (χ0) is 14.9. The summed E-state index contributed by atoms with van der Waals surface area (Å²) in [4.78, 5) is 0.0479. The first-order valence-electron chi connectivity index (χ1n) is 5.85. The Balaban J connectivity index is 2.25. The van der Waals surface area contributed by atoms with Crippen LogP contribution in [0.2, 0.25) is 5.02 Å². The number of rotatable bonds is 4. The Labute approximate surface area is 122 Å². The largest absolute Gasteiger partial charge is 0.398 e. The van der Waals surface area contributed by atoms with Crippen LogP contribution in [0.4, 0.5) is 5.69 Å². The van der Waals surface area contributed by atoms with E-state index in [1.54, 1.807) is 13.1 Å². The number of H-pyrrole nitrogens is 1. The predicted molar refractivity (Wildman–Crippen MR) is 78.0 cm³/mol. The Hall–Kier alpha value is -1.57. The minimum Gasteiger partial charge on any atom is -0.398 e. The van der Waals surface area contributed by atoms with Crippen molar-refractivity contribution >= 4 is 27.3 Å². The van der Waals surface area contributed by atoms with E-state index >= 15 is 0 Å². The Morgan fingerprint density at radius 3 is 2.65 bits per heavy atom. The van der Waals surface area contributed by atoms with Crippen molar-refractivity contribution < 1.29 is 8.42 Å². The van der Waals surface area contributed by atoms with Crippen LogP contribution in [0.1, 0.15) is 16.8 Å². The maximum absolute atomic E-state index is 12.2. The molecule has 0 bridgehead atoms. The molecule has 0 atom stereocenters. The summed E-state index contributed by atoms with van der Waals surface area (Å²) in [6, 6.07) is 2.78. The van der Waals surface area contributed by atoms with E-state index in [-0.39, 0.29) is 11.4 Å². The van der Waals surface area contributed by atoms with Crippen LogP contribution in [-0.2, 0) is 16.6 Å². The molecule has 6 nitrogen and oxygen atoms in total. The van der Waals surface area contributed by atoms with E-state index in [0.717, 1.165) is 11.3 Å². The average molecular weight is 315 g/mol. The lowest BCUT2D eigenvalue weighted by molar-refractivity contribution is 0.581. The lowest BCUT2D eigenvalue weighted by Gasteiger charge is -2.09. The highest BCUT2D eigenvalue weighted by molar-refractivity contribution is 7.89. The monoisotopic (exact) mass is 314 g/mol. The number of aromatic amines is 1. The van der Waals surface area contributed by atoms with Crippen molar-refractivity contribution in [3.8, 4) is 0 Å².